The minimum Gasteiger partial charge on any atom is -0.298 e. The van der Waals surface area contributed by atoms with Gasteiger partial charge in [0.05, 0.1) is 6.54 Å². The van der Waals surface area contributed by atoms with Crippen LogP contribution in [-0.2, 0) is 15.6 Å². The molecular weight excluding hydrogens is 162 g/mol. The van der Waals surface area contributed by atoms with Crippen molar-refractivity contribution >= 4 is 16.6 Å². The average molecular weight is 175 g/mol. The fourth-order valence-electron chi connectivity index (χ4n) is 1.14. The van der Waals surface area contributed by atoms with Crippen molar-refractivity contribution in [1.29, 1.82) is 0 Å². The number of nitrogens with zero attached hydrogens (tertiary/aromatic N) is 1. The van der Waals surface area contributed by atoms with Crippen molar-refractivity contribution in [2.24, 2.45) is 0 Å². The second-order valence-corrected chi connectivity index (χ2v) is 4.40. The number of carbonyl (C=O) groups excluding carboxylic acids is 1. The second kappa shape index (κ2) is 3.97. The van der Waals surface area contributed by atoms with Crippen LogP contribution >= 0.6 is 0 Å². The zero-order valence-corrected chi connectivity index (χ0v) is 7.52. The Morgan fingerprint density at radius 3 is 2.82 bits per heavy atom. The van der Waals surface area contributed by atoms with Crippen LogP contribution in [0.3, 0.4) is 0 Å². The van der Waals surface area contributed by atoms with E-state index in [2.05, 4.69) is 4.90 Å². The van der Waals surface area contributed by atoms with Crippen LogP contribution in [0.1, 0.15) is 6.42 Å². The molecule has 0 saturated carbocycles. The molecule has 11 heavy (non-hydrogen) atoms. The minimum absolute atomic E-state index is 0.312. The highest BCUT2D eigenvalue weighted by Gasteiger charge is 2.18. The Hall–Kier alpha value is -0.220. The van der Waals surface area contributed by atoms with Gasteiger partial charge in [-0.25, -0.2) is 0 Å². The van der Waals surface area contributed by atoms with Gasteiger partial charge in [-0.05, 0) is 0 Å². The lowest BCUT2D eigenvalue weighted by Crippen LogP contribution is -2.25. The Kier molecular flexibility index (Phi) is 3.20. The van der Waals surface area contributed by atoms with Gasteiger partial charge >= 0.3 is 0 Å². The minimum atomic E-state index is -0.726. The summed E-state index contributed by atoms with van der Waals surface area (Å²) in [6.45, 7) is 2.22. The summed E-state index contributed by atoms with van der Waals surface area (Å²) in [6, 6.07) is 0. The normalized spacial score (nSPS) is 22.5. The van der Waals surface area contributed by atoms with E-state index in [0.717, 1.165) is 13.1 Å². The molecule has 0 N–H and O–H groups in total. The van der Waals surface area contributed by atoms with Crippen LogP contribution in [0, 0.1) is 0 Å². The van der Waals surface area contributed by atoms with Crippen molar-refractivity contribution in [1.82, 2.24) is 4.90 Å². The van der Waals surface area contributed by atoms with E-state index < -0.39 is 10.8 Å². The Bertz CT molecular complexity index is 181. The van der Waals surface area contributed by atoms with E-state index in [-0.39, 0.29) is 0 Å². The number of hydrogen-bond donors (Lipinski definition) is 0. The zero-order chi connectivity index (χ0) is 8.27. The maximum atomic E-state index is 10.8. The maximum Gasteiger partial charge on any atom is 0.148 e. The zero-order valence-electron chi connectivity index (χ0n) is 6.71. The number of ketones is 1. The van der Waals surface area contributed by atoms with Gasteiger partial charge in [-0.1, -0.05) is 0 Å². The average Bonchev–Trinajstić information content (AvgIpc) is 2.31. The Morgan fingerprint density at radius 1 is 1.64 bits per heavy atom. The van der Waals surface area contributed by atoms with Gasteiger partial charge in [-0.2, -0.15) is 0 Å². The summed E-state index contributed by atoms with van der Waals surface area (Å²) in [7, 11) is -0.726. The molecule has 0 amide bonds. The summed E-state index contributed by atoms with van der Waals surface area (Å²) in [5.41, 5.74) is 0. The molecule has 1 heterocycles. The summed E-state index contributed by atoms with van der Waals surface area (Å²) in [5.74, 6) is 1.000. The number of rotatable bonds is 3. The van der Waals surface area contributed by atoms with E-state index in [4.69, 9.17) is 0 Å². The highest BCUT2D eigenvalue weighted by Crippen LogP contribution is 2.02. The van der Waals surface area contributed by atoms with E-state index in [9.17, 15) is 9.00 Å². The predicted molar refractivity (Wildman–Crippen MR) is 45.0 cm³/mol. The number of hydrogen-bond acceptors (Lipinski definition) is 3. The first-order chi connectivity index (χ1) is 5.18. The van der Waals surface area contributed by atoms with Crippen molar-refractivity contribution < 1.29 is 9.00 Å². The molecule has 0 aromatic rings. The van der Waals surface area contributed by atoms with Crippen LogP contribution in [0.2, 0.25) is 0 Å². The van der Waals surface area contributed by atoms with Gasteiger partial charge < -0.3 is 0 Å². The molecule has 1 rings (SSSR count). The lowest BCUT2D eigenvalue weighted by molar-refractivity contribution is -0.116. The highest BCUT2D eigenvalue weighted by atomic mass is 32.2. The molecule has 0 bridgehead atoms. The number of likely N-dealkylation sites (tertiary alicyclic amines) is 1. The summed E-state index contributed by atoms with van der Waals surface area (Å²) in [6.07, 6.45) is 2.37. The molecule has 1 aliphatic heterocycles. The standard InChI is InChI=1S/C7H13NO2S/c1-11(10)5-4-8-3-2-7(9)6-8/h2-6H2,1H3. The SMILES string of the molecule is CS(=O)CCN1CCC(=O)C1. The first-order valence-electron chi connectivity index (χ1n) is 3.72. The van der Waals surface area contributed by atoms with Crippen LogP contribution in [-0.4, -0.2) is 46.5 Å². The van der Waals surface area contributed by atoms with Gasteiger partial charge in [0.15, 0.2) is 0 Å². The van der Waals surface area contributed by atoms with E-state index >= 15 is 0 Å². The first-order valence-corrected chi connectivity index (χ1v) is 5.45. The van der Waals surface area contributed by atoms with E-state index in [1.807, 2.05) is 0 Å². The fraction of sp³-hybridized carbons (Fsp3) is 0.857. The molecule has 0 aromatic carbocycles. The van der Waals surface area contributed by atoms with Gasteiger partial charge in [0.1, 0.15) is 5.78 Å². The molecule has 0 spiro atoms. The molecule has 3 nitrogen and oxygen atoms in total. The Labute approximate surface area is 69.2 Å². The second-order valence-electron chi connectivity index (χ2n) is 2.84. The molecule has 64 valence electrons. The van der Waals surface area contributed by atoms with Crippen molar-refractivity contribution in [2.75, 3.05) is 31.6 Å². The lowest BCUT2D eigenvalue weighted by atomic mass is 10.4. The number of carbonyl (C=O) groups is 1. The van der Waals surface area contributed by atoms with Crippen molar-refractivity contribution in [3.63, 3.8) is 0 Å². The summed E-state index contributed by atoms with van der Waals surface area (Å²) < 4.78 is 10.7. The third kappa shape index (κ3) is 3.12. The van der Waals surface area contributed by atoms with Crippen molar-refractivity contribution in [3.05, 3.63) is 0 Å². The first kappa shape index (κ1) is 8.87. The van der Waals surface area contributed by atoms with Crippen LogP contribution in [0.25, 0.3) is 0 Å². The van der Waals surface area contributed by atoms with Gasteiger partial charge in [0, 0.05) is 42.3 Å². The quantitative estimate of drug-likeness (QED) is 0.588. The maximum absolute atomic E-state index is 10.8. The molecule has 4 heteroatoms. The fourth-order valence-corrected chi connectivity index (χ4v) is 1.65. The van der Waals surface area contributed by atoms with E-state index in [0.29, 0.717) is 24.5 Å². The van der Waals surface area contributed by atoms with Crippen molar-refractivity contribution in [3.8, 4) is 0 Å². The van der Waals surface area contributed by atoms with Gasteiger partial charge in [0.2, 0.25) is 0 Å². The third-order valence-corrected chi connectivity index (χ3v) is 2.56. The van der Waals surface area contributed by atoms with E-state index in [1.54, 1.807) is 6.26 Å². The van der Waals surface area contributed by atoms with Gasteiger partial charge in [-0.3, -0.25) is 13.9 Å². The Balaban J connectivity index is 2.18. The molecule has 1 saturated heterocycles. The molecule has 1 atom stereocenters. The molecule has 1 unspecified atom stereocenters. The van der Waals surface area contributed by atoms with Gasteiger partial charge in [0.25, 0.3) is 0 Å². The molecular formula is C7H13NO2S. The van der Waals surface area contributed by atoms with Crippen LogP contribution in [0.15, 0.2) is 0 Å². The molecule has 1 fully saturated rings. The highest BCUT2D eigenvalue weighted by molar-refractivity contribution is 7.84. The summed E-state index contributed by atoms with van der Waals surface area (Å²) in [4.78, 5) is 12.8. The van der Waals surface area contributed by atoms with E-state index in [1.165, 1.54) is 0 Å². The van der Waals surface area contributed by atoms with Crippen LogP contribution in [0.4, 0.5) is 0 Å². The van der Waals surface area contributed by atoms with Crippen molar-refractivity contribution in [2.45, 2.75) is 6.42 Å². The monoisotopic (exact) mass is 175 g/mol. The molecule has 1 aliphatic rings. The summed E-state index contributed by atoms with van der Waals surface area (Å²) >= 11 is 0. The topological polar surface area (TPSA) is 37.4 Å². The summed E-state index contributed by atoms with van der Waals surface area (Å²) in [5, 5.41) is 0. The largest absolute Gasteiger partial charge is 0.298 e. The third-order valence-electron chi connectivity index (χ3n) is 1.80. The smallest absolute Gasteiger partial charge is 0.148 e. The van der Waals surface area contributed by atoms with Gasteiger partial charge in [-0.15, -0.1) is 0 Å². The lowest BCUT2D eigenvalue weighted by Gasteiger charge is -2.11. The van der Waals surface area contributed by atoms with Crippen LogP contribution in [0.5, 0.6) is 0 Å². The predicted octanol–water partition coefficient (Wildman–Crippen LogP) is -0.360. The number of Topliss-reactive ketones (excluding diaryl/α,β-unsaturated/α-hetero) is 1. The molecule has 0 radical (unpaired) electrons. The molecule has 0 aliphatic carbocycles. The Morgan fingerprint density at radius 2 is 2.36 bits per heavy atom. The van der Waals surface area contributed by atoms with Crippen LogP contribution < -0.4 is 0 Å². The molecule has 0 aromatic heterocycles.